The summed E-state index contributed by atoms with van der Waals surface area (Å²) in [4.78, 5) is 0. The molecule has 3 heteroatoms. The standard InChI is InChI=1S/C12H14FNO/c13-9-2-1-8-5-11(14-10-3-4-10)7-15-12(8)6-9/h1-2,6,10-11,14H,3-5,7H2. The molecule has 1 heterocycles. The SMILES string of the molecule is Fc1ccc2c(c1)OCC(NC1CC1)C2. The van der Waals surface area contributed by atoms with Gasteiger partial charge in [-0.25, -0.2) is 4.39 Å². The summed E-state index contributed by atoms with van der Waals surface area (Å²) in [6.45, 7) is 0.660. The Morgan fingerprint density at radius 2 is 2.13 bits per heavy atom. The zero-order chi connectivity index (χ0) is 10.3. The molecule has 1 atom stereocenters. The van der Waals surface area contributed by atoms with Gasteiger partial charge in [-0.15, -0.1) is 0 Å². The predicted octanol–water partition coefficient (Wildman–Crippen LogP) is 1.88. The number of hydrogen-bond donors (Lipinski definition) is 1. The maximum absolute atomic E-state index is 12.9. The second-order valence-corrected chi connectivity index (χ2v) is 4.41. The molecule has 0 radical (unpaired) electrons. The van der Waals surface area contributed by atoms with Crippen molar-refractivity contribution in [2.75, 3.05) is 6.61 Å². The van der Waals surface area contributed by atoms with E-state index in [1.807, 2.05) is 6.07 Å². The molecule has 1 N–H and O–H groups in total. The Morgan fingerprint density at radius 3 is 2.93 bits per heavy atom. The highest BCUT2D eigenvalue weighted by Gasteiger charge is 2.27. The number of halogens is 1. The maximum atomic E-state index is 12.9. The normalized spacial score (nSPS) is 24.5. The summed E-state index contributed by atoms with van der Waals surface area (Å²) in [5.41, 5.74) is 1.11. The van der Waals surface area contributed by atoms with Gasteiger partial charge in [0.15, 0.2) is 0 Å². The van der Waals surface area contributed by atoms with Crippen molar-refractivity contribution in [2.24, 2.45) is 0 Å². The molecular weight excluding hydrogens is 193 g/mol. The van der Waals surface area contributed by atoms with E-state index < -0.39 is 0 Å². The minimum absolute atomic E-state index is 0.220. The Hall–Kier alpha value is -1.09. The van der Waals surface area contributed by atoms with Gasteiger partial charge in [0.25, 0.3) is 0 Å². The van der Waals surface area contributed by atoms with Crippen LogP contribution < -0.4 is 10.1 Å². The quantitative estimate of drug-likeness (QED) is 0.799. The van der Waals surface area contributed by atoms with Gasteiger partial charge >= 0.3 is 0 Å². The summed E-state index contributed by atoms with van der Waals surface area (Å²) < 4.78 is 18.5. The van der Waals surface area contributed by atoms with E-state index in [2.05, 4.69) is 5.32 Å². The molecule has 1 aromatic rings. The Balaban J connectivity index is 1.74. The van der Waals surface area contributed by atoms with Crippen molar-refractivity contribution < 1.29 is 9.13 Å². The molecule has 0 spiro atoms. The molecule has 1 unspecified atom stereocenters. The summed E-state index contributed by atoms with van der Waals surface area (Å²) in [6, 6.07) is 5.89. The molecule has 0 bridgehead atoms. The third kappa shape index (κ3) is 1.97. The van der Waals surface area contributed by atoms with E-state index in [0.29, 0.717) is 24.4 Å². The van der Waals surface area contributed by atoms with Crippen molar-refractivity contribution >= 4 is 0 Å². The molecule has 0 aromatic heterocycles. The average molecular weight is 207 g/mol. The van der Waals surface area contributed by atoms with Gasteiger partial charge in [-0.3, -0.25) is 0 Å². The van der Waals surface area contributed by atoms with E-state index in [1.54, 1.807) is 0 Å². The van der Waals surface area contributed by atoms with Crippen molar-refractivity contribution in [3.05, 3.63) is 29.6 Å². The van der Waals surface area contributed by atoms with Crippen LogP contribution in [0.15, 0.2) is 18.2 Å². The Bertz CT molecular complexity index is 376. The summed E-state index contributed by atoms with van der Waals surface area (Å²) in [5.74, 6) is 0.492. The van der Waals surface area contributed by atoms with E-state index in [0.717, 1.165) is 12.0 Å². The van der Waals surface area contributed by atoms with Gasteiger partial charge in [-0.1, -0.05) is 6.07 Å². The largest absolute Gasteiger partial charge is 0.492 e. The lowest BCUT2D eigenvalue weighted by Gasteiger charge is -2.26. The molecule has 1 saturated carbocycles. The van der Waals surface area contributed by atoms with E-state index in [4.69, 9.17) is 4.74 Å². The monoisotopic (exact) mass is 207 g/mol. The zero-order valence-electron chi connectivity index (χ0n) is 8.50. The van der Waals surface area contributed by atoms with Crippen LogP contribution in [-0.2, 0) is 6.42 Å². The summed E-state index contributed by atoms with van der Waals surface area (Å²) >= 11 is 0. The van der Waals surface area contributed by atoms with E-state index >= 15 is 0 Å². The second-order valence-electron chi connectivity index (χ2n) is 4.41. The minimum Gasteiger partial charge on any atom is -0.492 e. The van der Waals surface area contributed by atoms with Crippen molar-refractivity contribution in [2.45, 2.75) is 31.3 Å². The van der Waals surface area contributed by atoms with Crippen LogP contribution in [0.1, 0.15) is 18.4 Å². The lowest BCUT2D eigenvalue weighted by Crippen LogP contribution is -2.40. The lowest BCUT2D eigenvalue weighted by molar-refractivity contribution is 0.236. The molecule has 3 rings (SSSR count). The van der Waals surface area contributed by atoms with Gasteiger partial charge in [0.2, 0.25) is 0 Å². The predicted molar refractivity (Wildman–Crippen MR) is 55.5 cm³/mol. The number of nitrogens with one attached hydrogen (secondary N) is 1. The smallest absolute Gasteiger partial charge is 0.126 e. The summed E-state index contributed by atoms with van der Waals surface area (Å²) in [5, 5.41) is 3.53. The molecule has 2 nitrogen and oxygen atoms in total. The van der Waals surface area contributed by atoms with Crippen LogP contribution in [-0.4, -0.2) is 18.7 Å². The molecular formula is C12H14FNO. The fourth-order valence-electron chi connectivity index (χ4n) is 2.04. The second kappa shape index (κ2) is 3.49. The Labute approximate surface area is 88.4 Å². The first-order valence-electron chi connectivity index (χ1n) is 5.48. The van der Waals surface area contributed by atoms with Crippen molar-refractivity contribution in [1.29, 1.82) is 0 Å². The van der Waals surface area contributed by atoms with Crippen LogP contribution in [0, 0.1) is 5.82 Å². The van der Waals surface area contributed by atoms with Gasteiger partial charge in [0, 0.05) is 18.2 Å². The molecule has 80 valence electrons. The maximum Gasteiger partial charge on any atom is 0.126 e. The average Bonchev–Trinajstić information content (AvgIpc) is 3.02. The molecule has 0 amide bonds. The minimum atomic E-state index is -0.220. The van der Waals surface area contributed by atoms with Crippen LogP contribution >= 0.6 is 0 Å². The Morgan fingerprint density at radius 1 is 1.27 bits per heavy atom. The molecule has 1 aliphatic heterocycles. The van der Waals surface area contributed by atoms with E-state index in [-0.39, 0.29) is 5.82 Å². The number of benzene rings is 1. The molecule has 1 fully saturated rings. The third-order valence-electron chi connectivity index (χ3n) is 2.98. The van der Waals surface area contributed by atoms with Crippen LogP contribution in [0.2, 0.25) is 0 Å². The number of ether oxygens (including phenoxy) is 1. The Kier molecular flexibility index (Phi) is 2.13. The topological polar surface area (TPSA) is 21.3 Å². The highest BCUT2D eigenvalue weighted by Crippen LogP contribution is 2.27. The van der Waals surface area contributed by atoms with E-state index in [1.165, 1.54) is 25.0 Å². The van der Waals surface area contributed by atoms with E-state index in [9.17, 15) is 4.39 Å². The van der Waals surface area contributed by atoms with Gasteiger partial charge < -0.3 is 10.1 Å². The highest BCUT2D eigenvalue weighted by molar-refractivity contribution is 5.36. The van der Waals surface area contributed by atoms with Gasteiger partial charge in [-0.05, 0) is 30.9 Å². The van der Waals surface area contributed by atoms with Gasteiger partial charge in [0.05, 0.1) is 0 Å². The van der Waals surface area contributed by atoms with Crippen LogP contribution in [0.5, 0.6) is 5.75 Å². The summed E-state index contributed by atoms with van der Waals surface area (Å²) in [6.07, 6.45) is 3.52. The van der Waals surface area contributed by atoms with Gasteiger partial charge in [-0.2, -0.15) is 0 Å². The van der Waals surface area contributed by atoms with Crippen LogP contribution in [0.3, 0.4) is 0 Å². The van der Waals surface area contributed by atoms with Crippen LogP contribution in [0.4, 0.5) is 4.39 Å². The lowest BCUT2D eigenvalue weighted by atomic mass is 10.0. The number of fused-ring (bicyclic) bond motifs is 1. The first kappa shape index (κ1) is 9.16. The number of rotatable bonds is 2. The third-order valence-corrected chi connectivity index (χ3v) is 2.98. The molecule has 1 aromatic carbocycles. The van der Waals surface area contributed by atoms with Crippen molar-refractivity contribution in [1.82, 2.24) is 5.32 Å². The van der Waals surface area contributed by atoms with Crippen molar-refractivity contribution in [3.8, 4) is 5.75 Å². The van der Waals surface area contributed by atoms with Gasteiger partial charge in [0.1, 0.15) is 18.2 Å². The highest BCUT2D eigenvalue weighted by atomic mass is 19.1. The van der Waals surface area contributed by atoms with Crippen molar-refractivity contribution in [3.63, 3.8) is 0 Å². The molecule has 15 heavy (non-hydrogen) atoms. The molecule has 2 aliphatic rings. The fourth-order valence-corrected chi connectivity index (χ4v) is 2.04. The molecule has 1 aliphatic carbocycles. The first-order valence-corrected chi connectivity index (χ1v) is 5.48. The molecule has 0 saturated heterocycles. The zero-order valence-corrected chi connectivity index (χ0v) is 8.50. The van der Waals surface area contributed by atoms with Crippen LogP contribution in [0.25, 0.3) is 0 Å². The first-order chi connectivity index (χ1) is 7.31. The number of hydrogen-bond acceptors (Lipinski definition) is 2. The summed E-state index contributed by atoms with van der Waals surface area (Å²) in [7, 11) is 0. The fraction of sp³-hybridized carbons (Fsp3) is 0.500.